The molecule has 0 aliphatic rings. The first-order chi connectivity index (χ1) is 13.6. The molecule has 0 amide bonds. The molecule has 0 atom stereocenters. The smallest absolute Gasteiger partial charge is 0.240 e. The van der Waals surface area contributed by atoms with Crippen molar-refractivity contribution in [3.63, 3.8) is 0 Å². The molecule has 6 heteroatoms. The summed E-state index contributed by atoms with van der Waals surface area (Å²) >= 11 is 6.33. The monoisotopic (exact) mass is 430 g/mol. The van der Waals surface area contributed by atoms with Gasteiger partial charge in [0, 0.05) is 17.6 Å². The first-order valence-corrected chi connectivity index (χ1v) is 10.5. The number of aromatic nitrogens is 2. The van der Waals surface area contributed by atoms with Gasteiger partial charge in [0.1, 0.15) is 12.6 Å². The zero-order valence-electron chi connectivity index (χ0n) is 17.2. The van der Waals surface area contributed by atoms with Crippen LogP contribution in [0, 0.1) is 0 Å². The second-order valence-electron chi connectivity index (χ2n) is 7.30. The van der Waals surface area contributed by atoms with Crippen LogP contribution in [-0.2, 0) is 7.05 Å². The number of nitrogens with one attached hydrogen (secondary N) is 2. The summed E-state index contributed by atoms with van der Waals surface area (Å²) in [7, 11) is 2.12. The number of fused-ring (bicyclic) bond motifs is 4. The van der Waals surface area contributed by atoms with E-state index < -0.39 is 0 Å². The van der Waals surface area contributed by atoms with Gasteiger partial charge in [-0.1, -0.05) is 37.6 Å². The highest BCUT2D eigenvalue weighted by Gasteiger charge is 2.22. The molecule has 0 saturated carbocycles. The number of rotatable bonds is 7. The fourth-order valence-electron chi connectivity index (χ4n) is 4.14. The molecule has 4 nitrogen and oxygen atoms in total. The van der Waals surface area contributed by atoms with Gasteiger partial charge < -0.3 is 27.6 Å². The summed E-state index contributed by atoms with van der Waals surface area (Å²) in [4.78, 5) is 6.10. The predicted molar refractivity (Wildman–Crippen MR) is 120 cm³/mol. The van der Waals surface area contributed by atoms with E-state index in [0.717, 1.165) is 59.9 Å². The first kappa shape index (κ1) is 21.7. The number of aromatic amines is 1. The molecule has 2 aromatic carbocycles. The highest BCUT2D eigenvalue weighted by atomic mass is 35.5. The lowest BCUT2D eigenvalue weighted by Crippen LogP contribution is -3.00. The SMILES string of the molecule is CCN(CC)CCCNc1c2ccc(Cl)cc2[n+](C)c2c1[nH]c1ccccc12.[Cl-]. The quantitative estimate of drug-likeness (QED) is 0.347. The number of benzene rings is 2. The average Bonchev–Trinajstić information content (AvgIpc) is 3.10. The number of pyridine rings is 1. The van der Waals surface area contributed by atoms with E-state index >= 15 is 0 Å². The van der Waals surface area contributed by atoms with Crippen molar-refractivity contribution in [2.24, 2.45) is 7.05 Å². The number of aryl methyl sites for hydroxylation is 1. The largest absolute Gasteiger partial charge is 1.00 e. The van der Waals surface area contributed by atoms with Crippen LogP contribution in [0.15, 0.2) is 42.5 Å². The third-order valence-electron chi connectivity index (χ3n) is 5.70. The molecule has 4 aromatic rings. The fourth-order valence-corrected chi connectivity index (χ4v) is 4.31. The van der Waals surface area contributed by atoms with Gasteiger partial charge in [-0.05, 0) is 50.3 Å². The van der Waals surface area contributed by atoms with Gasteiger partial charge in [0.25, 0.3) is 0 Å². The second-order valence-corrected chi connectivity index (χ2v) is 7.73. The number of hydrogen-bond acceptors (Lipinski definition) is 2. The van der Waals surface area contributed by atoms with Crippen molar-refractivity contribution >= 4 is 50.1 Å². The lowest BCUT2D eigenvalue weighted by Gasteiger charge is -2.18. The molecular formula is C23H28Cl2N4. The van der Waals surface area contributed by atoms with Crippen LogP contribution in [0.3, 0.4) is 0 Å². The summed E-state index contributed by atoms with van der Waals surface area (Å²) in [6.45, 7) is 8.70. The van der Waals surface area contributed by atoms with Gasteiger partial charge in [-0.25, -0.2) is 0 Å². The maximum Gasteiger partial charge on any atom is 0.240 e. The van der Waals surface area contributed by atoms with Crippen LogP contribution in [0.25, 0.3) is 32.8 Å². The Morgan fingerprint density at radius 2 is 1.83 bits per heavy atom. The predicted octanol–water partition coefficient (Wildman–Crippen LogP) is 2.10. The van der Waals surface area contributed by atoms with Crippen LogP contribution in [0.1, 0.15) is 20.3 Å². The van der Waals surface area contributed by atoms with E-state index in [4.69, 9.17) is 11.6 Å². The van der Waals surface area contributed by atoms with E-state index in [0.29, 0.717) is 0 Å². The maximum atomic E-state index is 6.33. The summed E-state index contributed by atoms with van der Waals surface area (Å²) in [5, 5.41) is 6.90. The van der Waals surface area contributed by atoms with Crippen molar-refractivity contribution in [1.29, 1.82) is 0 Å². The van der Waals surface area contributed by atoms with Crippen molar-refractivity contribution in [3.8, 4) is 0 Å². The Balaban J connectivity index is 0.00000240. The first-order valence-electron chi connectivity index (χ1n) is 10.1. The zero-order chi connectivity index (χ0) is 19.7. The summed E-state index contributed by atoms with van der Waals surface area (Å²) in [5.74, 6) is 0. The summed E-state index contributed by atoms with van der Waals surface area (Å²) < 4.78 is 2.25. The van der Waals surface area contributed by atoms with Gasteiger partial charge in [0.15, 0.2) is 0 Å². The molecule has 2 heterocycles. The number of H-pyrrole nitrogens is 1. The Morgan fingerprint density at radius 1 is 1.07 bits per heavy atom. The summed E-state index contributed by atoms with van der Waals surface area (Å²) in [5.41, 5.74) is 5.81. The van der Waals surface area contributed by atoms with Crippen LogP contribution in [0.2, 0.25) is 5.02 Å². The van der Waals surface area contributed by atoms with E-state index in [1.807, 2.05) is 6.07 Å². The van der Waals surface area contributed by atoms with E-state index in [9.17, 15) is 0 Å². The molecule has 0 aliphatic heterocycles. The zero-order valence-corrected chi connectivity index (χ0v) is 18.7. The topological polar surface area (TPSA) is 34.9 Å². The normalized spacial score (nSPS) is 11.5. The van der Waals surface area contributed by atoms with Crippen LogP contribution in [0.4, 0.5) is 5.69 Å². The second kappa shape index (κ2) is 9.21. The Labute approximate surface area is 183 Å². The Morgan fingerprint density at radius 3 is 2.59 bits per heavy atom. The Hall–Kier alpha value is -2.01. The van der Waals surface area contributed by atoms with Crippen LogP contribution in [-0.4, -0.2) is 36.1 Å². The van der Waals surface area contributed by atoms with E-state index in [2.05, 4.69) is 77.1 Å². The van der Waals surface area contributed by atoms with Crippen molar-refractivity contribution in [3.05, 3.63) is 47.5 Å². The molecule has 2 N–H and O–H groups in total. The molecule has 0 radical (unpaired) electrons. The number of nitrogens with zero attached hydrogens (tertiary/aromatic N) is 2. The molecule has 0 fully saturated rings. The standard InChI is InChI=1S/C23H27ClN4.ClH/c1-4-28(5-2)14-8-13-25-21-18-12-11-16(24)15-20(18)27(3)23-17-9-6-7-10-19(17)26-22(21)23;/h6-7,9-12,15H,4-5,8,13-14H2,1-3H3,(H,25,26);1H. The van der Waals surface area contributed by atoms with Gasteiger partial charge in [-0.2, -0.15) is 4.57 Å². The van der Waals surface area contributed by atoms with Crippen LogP contribution >= 0.6 is 11.6 Å². The average molecular weight is 431 g/mol. The van der Waals surface area contributed by atoms with Crippen molar-refractivity contribution in [2.75, 3.05) is 31.5 Å². The molecule has 154 valence electrons. The molecule has 0 aliphatic carbocycles. The fraction of sp³-hybridized carbons (Fsp3) is 0.348. The number of hydrogen-bond donors (Lipinski definition) is 2. The minimum absolute atomic E-state index is 0. The molecule has 4 rings (SSSR count). The molecule has 0 bridgehead atoms. The van der Waals surface area contributed by atoms with E-state index in [1.54, 1.807) is 0 Å². The third-order valence-corrected chi connectivity index (χ3v) is 5.94. The van der Waals surface area contributed by atoms with Crippen LogP contribution < -0.4 is 22.3 Å². The van der Waals surface area contributed by atoms with Crippen LogP contribution in [0.5, 0.6) is 0 Å². The number of anilines is 1. The maximum absolute atomic E-state index is 6.33. The third kappa shape index (κ3) is 4.02. The van der Waals surface area contributed by atoms with E-state index in [-0.39, 0.29) is 12.4 Å². The Bertz CT molecular complexity index is 1130. The minimum Gasteiger partial charge on any atom is -1.00 e. The molecule has 0 unspecified atom stereocenters. The Kier molecular flexibility index (Phi) is 6.89. The molecule has 0 spiro atoms. The summed E-state index contributed by atoms with van der Waals surface area (Å²) in [6, 6.07) is 14.6. The molecule has 0 saturated heterocycles. The lowest BCUT2D eigenvalue weighted by molar-refractivity contribution is -0.616. The van der Waals surface area contributed by atoms with Gasteiger partial charge in [0.05, 0.1) is 22.0 Å². The molecule has 2 aromatic heterocycles. The number of para-hydroxylation sites is 1. The molecular weight excluding hydrogens is 403 g/mol. The molecule has 29 heavy (non-hydrogen) atoms. The highest BCUT2D eigenvalue weighted by Crippen LogP contribution is 2.34. The van der Waals surface area contributed by atoms with E-state index in [1.165, 1.54) is 16.3 Å². The minimum atomic E-state index is 0. The van der Waals surface area contributed by atoms with Crippen molar-refractivity contribution in [1.82, 2.24) is 9.88 Å². The van der Waals surface area contributed by atoms with Gasteiger partial charge >= 0.3 is 0 Å². The van der Waals surface area contributed by atoms with Gasteiger partial charge in [0.2, 0.25) is 11.0 Å². The lowest BCUT2D eigenvalue weighted by atomic mass is 10.1. The highest BCUT2D eigenvalue weighted by molar-refractivity contribution is 6.31. The van der Waals surface area contributed by atoms with Gasteiger partial charge in [-0.15, -0.1) is 0 Å². The summed E-state index contributed by atoms with van der Waals surface area (Å²) in [6.07, 6.45) is 1.11. The van der Waals surface area contributed by atoms with Crippen molar-refractivity contribution in [2.45, 2.75) is 20.3 Å². The van der Waals surface area contributed by atoms with Gasteiger partial charge in [-0.3, -0.25) is 0 Å². The van der Waals surface area contributed by atoms with Crippen molar-refractivity contribution < 1.29 is 17.0 Å². The number of halogens is 2.